The zero-order valence-electron chi connectivity index (χ0n) is 8.96. The quantitative estimate of drug-likeness (QED) is 0.644. The molecule has 0 fully saturated rings. The van der Waals surface area contributed by atoms with E-state index in [9.17, 15) is 0 Å². The molecule has 0 amide bonds. The Morgan fingerprint density at radius 3 is 2.64 bits per heavy atom. The average Bonchev–Trinajstić information content (AvgIpc) is 2.19. The molecule has 0 aliphatic carbocycles. The Hall–Kier alpha value is -1.55. The second-order valence-corrected chi connectivity index (χ2v) is 3.44. The van der Waals surface area contributed by atoms with Gasteiger partial charge < -0.3 is 0 Å². The summed E-state index contributed by atoms with van der Waals surface area (Å²) in [6, 6.07) is 10.5. The number of nitrogens with zero attached hydrogens (tertiary/aromatic N) is 1. The van der Waals surface area contributed by atoms with E-state index in [2.05, 4.69) is 31.2 Å². The van der Waals surface area contributed by atoms with Crippen LogP contribution in [-0.4, -0.2) is 0 Å². The van der Waals surface area contributed by atoms with E-state index in [1.807, 2.05) is 19.9 Å². The van der Waals surface area contributed by atoms with Gasteiger partial charge in [0.15, 0.2) is 0 Å². The molecule has 0 atom stereocenters. The monoisotopic (exact) mass is 185 g/mol. The van der Waals surface area contributed by atoms with Gasteiger partial charge in [-0.1, -0.05) is 36.8 Å². The van der Waals surface area contributed by atoms with Crippen LogP contribution >= 0.6 is 0 Å². The minimum Gasteiger partial charge on any atom is -0.193 e. The second kappa shape index (κ2) is 4.62. The van der Waals surface area contributed by atoms with E-state index < -0.39 is 0 Å². The highest BCUT2D eigenvalue weighted by molar-refractivity contribution is 5.70. The van der Waals surface area contributed by atoms with Crippen molar-refractivity contribution in [2.24, 2.45) is 0 Å². The van der Waals surface area contributed by atoms with Gasteiger partial charge in [0.1, 0.15) is 0 Å². The lowest BCUT2D eigenvalue weighted by molar-refractivity contribution is 1.15. The number of rotatable bonds is 2. The summed E-state index contributed by atoms with van der Waals surface area (Å²) >= 11 is 0. The van der Waals surface area contributed by atoms with E-state index in [0.29, 0.717) is 0 Å². The van der Waals surface area contributed by atoms with Crippen molar-refractivity contribution in [1.82, 2.24) is 0 Å². The summed E-state index contributed by atoms with van der Waals surface area (Å²) < 4.78 is 0. The Kier molecular flexibility index (Phi) is 3.48. The summed E-state index contributed by atoms with van der Waals surface area (Å²) in [6.45, 7) is 6.09. The molecule has 1 rings (SSSR count). The fourth-order valence-electron chi connectivity index (χ4n) is 1.48. The molecule has 0 saturated heterocycles. The van der Waals surface area contributed by atoms with Gasteiger partial charge in [-0.2, -0.15) is 5.26 Å². The molecule has 1 aromatic carbocycles. The third-order valence-corrected chi connectivity index (χ3v) is 2.39. The van der Waals surface area contributed by atoms with Crippen LogP contribution in [0.4, 0.5) is 0 Å². The molecule has 0 spiro atoms. The Morgan fingerprint density at radius 2 is 2.14 bits per heavy atom. The number of aryl methyl sites for hydroxylation is 1. The van der Waals surface area contributed by atoms with Crippen LogP contribution < -0.4 is 0 Å². The molecule has 0 aliphatic heterocycles. The lowest BCUT2D eigenvalue weighted by atomic mass is 9.99. The van der Waals surface area contributed by atoms with E-state index in [1.54, 1.807) is 0 Å². The fraction of sp³-hybridized carbons (Fsp3) is 0.308. The minimum absolute atomic E-state index is 0.802. The highest BCUT2D eigenvalue weighted by atomic mass is 14.2. The molecule has 0 aromatic heterocycles. The average molecular weight is 185 g/mol. The van der Waals surface area contributed by atoms with Crippen LogP contribution in [0.5, 0.6) is 0 Å². The summed E-state index contributed by atoms with van der Waals surface area (Å²) in [5.41, 5.74) is 4.35. The summed E-state index contributed by atoms with van der Waals surface area (Å²) in [6.07, 6.45) is 0.802. The van der Waals surface area contributed by atoms with Crippen molar-refractivity contribution in [3.8, 4) is 6.07 Å². The Balaban J connectivity index is 3.18. The van der Waals surface area contributed by atoms with Crippen LogP contribution in [0.25, 0.3) is 5.57 Å². The molecule has 0 unspecified atom stereocenters. The van der Waals surface area contributed by atoms with E-state index >= 15 is 0 Å². The largest absolute Gasteiger partial charge is 0.193 e. The second-order valence-electron chi connectivity index (χ2n) is 3.44. The van der Waals surface area contributed by atoms with Crippen molar-refractivity contribution in [3.63, 3.8) is 0 Å². The zero-order chi connectivity index (χ0) is 10.6. The van der Waals surface area contributed by atoms with Crippen molar-refractivity contribution in [2.45, 2.75) is 27.2 Å². The molecule has 0 aliphatic rings. The van der Waals surface area contributed by atoms with Crippen molar-refractivity contribution in [3.05, 3.63) is 41.0 Å². The summed E-state index contributed by atoms with van der Waals surface area (Å²) in [5.74, 6) is 0. The fourth-order valence-corrected chi connectivity index (χ4v) is 1.48. The molecular formula is C13H15N. The first-order valence-corrected chi connectivity index (χ1v) is 4.86. The SMILES string of the molecule is CC/C(C#N)=C(/C)c1cccc(C)c1. The molecule has 0 saturated carbocycles. The molecule has 72 valence electrons. The first kappa shape index (κ1) is 10.5. The van der Waals surface area contributed by atoms with Gasteiger partial charge in [0.25, 0.3) is 0 Å². The number of nitriles is 1. The van der Waals surface area contributed by atoms with Crippen molar-refractivity contribution in [2.75, 3.05) is 0 Å². The van der Waals surface area contributed by atoms with Crippen molar-refractivity contribution in [1.29, 1.82) is 5.26 Å². The lowest BCUT2D eigenvalue weighted by Gasteiger charge is -2.04. The van der Waals surface area contributed by atoms with Crippen LogP contribution in [-0.2, 0) is 0 Å². The molecule has 1 nitrogen and oxygen atoms in total. The topological polar surface area (TPSA) is 23.8 Å². The molecule has 1 heteroatoms. The molecule has 14 heavy (non-hydrogen) atoms. The number of allylic oxidation sites excluding steroid dienone is 2. The van der Waals surface area contributed by atoms with Gasteiger partial charge in [-0.15, -0.1) is 0 Å². The van der Waals surface area contributed by atoms with Gasteiger partial charge in [-0.05, 0) is 31.4 Å². The molecule has 1 aromatic rings. The van der Waals surface area contributed by atoms with Crippen LogP contribution in [0.15, 0.2) is 29.8 Å². The summed E-state index contributed by atoms with van der Waals surface area (Å²) in [5, 5.41) is 8.92. The third-order valence-electron chi connectivity index (χ3n) is 2.39. The van der Waals surface area contributed by atoms with E-state index in [-0.39, 0.29) is 0 Å². The number of hydrogen-bond donors (Lipinski definition) is 0. The maximum Gasteiger partial charge on any atom is 0.0949 e. The van der Waals surface area contributed by atoms with Gasteiger partial charge in [-0.25, -0.2) is 0 Å². The smallest absolute Gasteiger partial charge is 0.0949 e. The van der Waals surface area contributed by atoms with E-state index in [4.69, 9.17) is 5.26 Å². The molecule has 0 N–H and O–H groups in total. The van der Waals surface area contributed by atoms with Crippen LogP contribution in [0.3, 0.4) is 0 Å². The zero-order valence-corrected chi connectivity index (χ0v) is 8.96. The van der Waals surface area contributed by atoms with Gasteiger partial charge in [-0.3, -0.25) is 0 Å². The molecule has 0 radical (unpaired) electrons. The normalized spacial score (nSPS) is 11.9. The van der Waals surface area contributed by atoms with Gasteiger partial charge >= 0.3 is 0 Å². The van der Waals surface area contributed by atoms with Gasteiger partial charge in [0.05, 0.1) is 6.07 Å². The van der Waals surface area contributed by atoms with Crippen LogP contribution in [0, 0.1) is 18.3 Å². The standard InChI is InChI=1S/C13H15N/c1-4-12(9-14)11(3)13-7-5-6-10(2)8-13/h5-8H,4H2,1-3H3/b12-11+. The van der Waals surface area contributed by atoms with Gasteiger partial charge in [0, 0.05) is 5.57 Å². The maximum absolute atomic E-state index is 8.92. The number of hydrogen-bond acceptors (Lipinski definition) is 1. The first-order valence-electron chi connectivity index (χ1n) is 4.86. The molecule has 0 bridgehead atoms. The highest BCUT2D eigenvalue weighted by Gasteiger charge is 2.02. The Bertz CT molecular complexity index is 394. The molecular weight excluding hydrogens is 170 g/mol. The van der Waals surface area contributed by atoms with Crippen molar-refractivity contribution >= 4 is 5.57 Å². The van der Waals surface area contributed by atoms with Crippen molar-refractivity contribution < 1.29 is 0 Å². The first-order chi connectivity index (χ1) is 6.69. The predicted octanol–water partition coefficient (Wildman–Crippen LogP) is 3.70. The number of benzene rings is 1. The van der Waals surface area contributed by atoms with E-state index in [1.165, 1.54) is 5.56 Å². The van der Waals surface area contributed by atoms with Crippen LogP contribution in [0.1, 0.15) is 31.4 Å². The minimum atomic E-state index is 0.802. The predicted molar refractivity (Wildman–Crippen MR) is 59.7 cm³/mol. The maximum atomic E-state index is 8.92. The highest BCUT2D eigenvalue weighted by Crippen LogP contribution is 2.20. The molecule has 0 heterocycles. The van der Waals surface area contributed by atoms with Gasteiger partial charge in [0.2, 0.25) is 0 Å². The summed E-state index contributed by atoms with van der Waals surface area (Å²) in [4.78, 5) is 0. The van der Waals surface area contributed by atoms with Crippen LogP contribution in [0.2, 0.25) is 0 Å². The lowest BCUT2D eigenvalue weighted by Crippen LogP contribution is -1.86. The third kappa shape index (κ3) is 2.23. The van der Waals surface area contributed by atoms with E-state index in [0.717, 1.165) is 23.1 Å². The Morgan fingerprint density at radius 1 is 1.43 bits per heavy atom. The Labute approximate surface area is 85.7 Å². The summed E-state index contributed by atoms with van der Waals surface area (Å²) in [7, 11) is 0.